The minimum Gasteiger partial charge on any atom is -0.378 e. The molecule has 0 aromatic heterocycles. The molecule has 1 N–H and O–H groups in total. The Bertz CT molecular complexity index is 570. The van der Waals surface area contributed by atoms with Crippen LogP contribution < -0.4 is 10.3 Å². The number of benzene rings is 1. The summed E-state index contributed by atoms with van der Waals surface area (Å²) >= 11 is 5.60. The van der Waals surface area contributed by atoms with E-state index in [1.807, 2.05) is 32.1 Å². The van der Waals surface area contributed by atoms with Crippen molar-refractivity contribution in [3.63, 3.8) is 0 Å². The number of fused-ring (bicyclic) bond motifs is 1. The molecule has 22 heavy (non-hydrogen) atoms. The van der Waals surface area contributed by atoms with Crippen LogP contribution in [0.25, 0.3) is 0 Å². The van der Waals surface area contributed by atoms with Gasteiger partial charge in [-0.2, -0.15) is 5.10 Å². The van der Waals surface area contributed by atoms with E-state index in [4.69, 9.17) is 4.99 Å². The van der Waals surface area contributed by atoms with E-state index in [0.29, 0.717) is 16.1 Å². The first kappa shape index (κ1) is 15.9. The van der Waals surface area contributed by atoms with Crippen molar-refractivity contribution in [1.82, 2.24) is 5.43 Å². The number of rotatable bonds is 3. The van der Waals surface area contributed by atoms with Crippen LogP contribution in [0.4, 0.5) is 5.69 Å². The molecular weight excluding hydrogens is 360 g/mol. The van der Waals surface area contributed by atoms with Gasteiger partial charge < -0.3 is 4.90 Å². The molecule has 0 saturated heterocycles. The normalized spacial score (nSPS) is 27.6. The lowest BCUT2D eigenvalue weighted by Crippen LogP contribution is -2.31. The topological polar surface area (TPSA) is 40.0 Å². The first-order valence-electron chi connectivity index (χ1n) is 7.58. The molecule has 0 unspecified atom stereocenters. The van der Waals surface area contributed by atoms with E-state index >= 15 is 0 Å². The molecule has 118 valence electrons. The second-order valence-electron chi connectivity index (χ2n) is 5.89. The molecule has 0 bridgehead atoms. The Hall–Kier alpha value is -1.01. The Balaban J connectivity index is 1.56. The molecule has 1 heterocycles. The molecule has 1 aliphatic carbocycles. The van der Waals surface area contributed by atoms with Crippen LogP contribution in [0.2, 0.25) is 0 Å². The monoisotopic (exact) mass is 380 g/mol. The van der Waals surface area contributed by atoms with Crippen molar-refractivity contribution in [2.75, 3.05) is 19.0 Å². The zero-order valence-electron chi connectivity index (χ0n) is 12.9. The van der Waals surface area contributed by atoms with Crippen LogP contribution in [-0.4, -0.2) is 41.6 Å². The van der Waals surface area contributed by atoms with Gasteiger partial charge in [0, 0.05) is 29.9 Å². The van der Waals surface area contributed by atoms with Gasteiger partial charge >= 0.3 is 0 Å². The maximum Gasteiger partial charge on any atom is 0.177 e. The first-order valence-corrected chi connectivity index (χ1v) is 9.38. The standard InChI is InChI=1S/C16H21BrN4S/c1-21(2)12-8-6-11(7-9-12)10-18-20-16-19-14-5-3-4-13(17)15(14)22-16/h6-10,13-15H,3-5H2,1-2H3,(H,19,20)/b18-10-/t13-,14-,15+/m1/s1. The first-order chi connectivity index (χ1) is 10.6. The minimum absolute atomic E-state index is 0.445. The van der Waals surface area contributed by atoms with Gasteiger partial charge in [-0.1, -0.05) is 46.2 Å². The van der Waals surface area contributed by atoms with Crippen LogP contribution in [0.15, 0.2) is 34.4 Å². The van der Waals surface area contributed by atoms with Crippen molar-refractivity contribution < 1.29 is 0 Å². The summed E-state index contributed by atoms with van der Waals surface area (Å²) in [5.41, 5.74) is 5.36. The van der Waals surface area contributed by atoms with E-state index < -0.39 is 0 Å². The summed E-state index contributed by atoms with van der Waals surface area (Å²) in [6, 6.07) is 8.76. The quantitative estimate of drug-likeness (QED) is 0.495. The van der Waals surface area contributed by atoms with Gasteiger partial charge in [-0.3, -0.25) is 10.4 Å². The number of nitrogens with zero attached hydrogens (tertiary/aromatic N) is 3. The number of anilines is 1. The largest absolute Gasteiger partial charge is 0.378 e. The molecule has 1 fully saturated rings. The Morgan fingerprint density at radius 3 is 2.77 bits per heavy atom. The highest BCUT2D eigenvalue weighted by Crippen LogP contribution is 2.39. The van der Waals surface area contributed by atoms with Crippen LogP contribution in [0.5, 0.6) is 0 Å². The maximum atomic E-state index is 4.75. The second kappa shape index (κ2) is 7.04. The summed E-state index contributed by atoms with van der Waals surface area (Å²) in [7, 11) is 4.08. The smallest absolute Gasteiger partial charge is 0.177 e. The number of thioether (sulfide) groups is 1. The zero-order chi connectivity index (χ0) is 15.5. The molecule has 3 rings (SSSR count). The van der Waals surface area contributed by atoms with Crippen LogP contribution in [0.1, 0.15) is 24.8 Å². The highest BCUT2D eigenvalue weighted by molar-refractivity contribution is 9.09. The minimum atomic E-state index is 0.445. The lowest BCUT2D eigenvalue weighted by Gasteiger charge is -2.27. The van der Waals surface area contributed by atoms with Crippen molar-refractivity contribution >= 4 is 44.8 Å². The summed E-state index contributed by atoms with van der Waals surface area (Å²) in [4.78, 5) is 7.40. The molecule has 1 aromatic rings. The van der Waals surface area contributed by atoms with Crippen LogP contribution in [0.3, 0.4) is 0 Å². The van der Waals surface area contributed by atoms with Crippen LogP contribution in [-0.2, 0) is 0 Å². The van der Waals surface area contributed by atoms with Gasteiger partial charge in [-0.15, -0.1) is 0 Å². The van der Waals surface area contributed by atoms with E-state index in [1.165, 1.54) is 24.9 Å². The predicted octanol–water partition coefficient (Wildman–Crippen LogP) is 3.46. The predicted molar refractivity (Wildman–Crippen MR) is 101 cm³/mol. The summed E-state index contributed by atoms with van der Waals surface area (Å²) in [6.07, 6.45) is 5.55. The molecule has 0 spiro atoms. The number of hydrogen-bond donors (Lipinski definition) is 1. The molecule has 0 radical (unpaired) electrons. The fraction of sp³-hybridized carbons (Fsp3) is 0.500. The maximum absolute atomic E-state index is 4.75. The van der Waals surface area contributed by atoms with E-state index in [0.717, 1.165) is 10.7 Å². The van der Waals surface area contributed by atoms with Gasteiger partial charge in [0.2, 0.25) is 0 Å². The average molecular weight is 381 g/mol. The number of nitrogens with one attached hydrogen (secondary N) is 1. The number of hydrazone groups is 1. The fourth-order valence-electron chi connectivity index (χ4n) is 2.77. The van der Waals surface area contributed by atoms with E-state index in [1.54, 1.807) is 0 Å². The Labute approximate surface area is 144 Å². The van der Waals surface area contributed by atoms with Gasteiger partial charge in [0.25, 0.3) is 0 Å². The van der Waals surface area contributed by atoms with Gasteiger partial charge in [0.1, 0.15) is 0 Å². The Morgan fingerprint density at radius 2 is 2.09 bits per heavy atom. The van der Waals surface area contributed by atoms with Crippen LogP contribution >= 0.6 is 27.7 Å². The Morgan fingerprint density at radius 1 is 1.32 bits per heavy atom. The van der Waals surface area contributed by atoms with Gasteiger partial charge in [-0.25, -0.2) is 0 Å². The lowest BCUT2D eigenvalue weighted by molar-refractivity contribution is 0.475. The number of alkyl halides is 1. The molecule has 1 saturated carbocycles. The van der Waals surface area contributed by atoms with E-state index in [9.17, 15) is 0 Å². The van der Waals surface area contributed by atoms with E-state index in [2.05, 4.69) is 55.6 Å². The fourth-order valence-corrected chi connectivity index (χ4v) is 4.96. The summed E-state index contributed by atoms with van der Waals surface area (Å²) in [5, 5.41) is 5.83. The molecular formula is C16H21BrN4S. The van der Waals surface area contributed by atoms with E-state index in [-0.39, 0.29) is 0 Å². The number of halogens is 1. The third-order valence-corrected chi connectivity index (χ3v) is 6.74. The highest BCUT2D eigenvalue weighted by atomic mass is 79.9. The third-order valence-electron chi connectivity index (χ3n) is 4.03. The van der Waals surface area contributed by atoms with Crippen molar-refractivity contribution in [1.29, 1.82) is 0 Å². The molecule has 6 heteroatoms. The molecule has 2 aliphatic rings. The number of amidine groups is 1. The lowest BCUT2D eigenvalue weighted by atomic mass is 9.95. The van der Waals surface area contributed by atoms with Gasteiger partial charge in [0.05, 0.1) is 12.3 Å². The molecule has 4 nitrogen and oxygen atoms in total. The van der Waals surface area contributed by atoms with Crippen molar-refractivity contribution in [3.05, 3.63) is 29.8 Å². The third kappa shape index (κ3) is 3.66. The highest BCUT2D eigenvalue weighted by Gasteiger charge is 2.37. The SMILES string of the molecule is CN(C)c1ccc(/C=N\NC2=N[C@@H]3CCC[C@@H](Br)[C@@H]3S2)cc1. The van der Waals surface area contributed by atoms with Crippen molar-refractivity contribution in [2.45, 2.75) is 35.4 Å². The van der Waals surface area contributed by atoms with Crippen molar-refractivity contribution in [3.8, 4) is 0 Å². The van der Waals surface area contributed by atoms with Crippen LogP contribution in [0, 0.1) is 0 Å². The molecule has 1 aromatic carbocycles. The number of hydrogen-bond acceptors (Lipinski definition) is 5. The van der Waals surface area contributed by atoms with Crippen molar-refractivity contribution in [2.24, 2.45) is 10.1 Å². The van der Waals surface area contributed by atoms with Gasteiger partial charge in [-0.05, 0) is 30.5 Å². The van der Waals surface area contributed by atoms with Gasteiger partial charge in [0.15, 0.2) is 5.17 Å². The molecule has 0 amide bonds. The summed E-state index contributed by atoms with van der Waals surface area (Å²) < 4.78 is 0. The number of aliphatic imine (C=N–C) groups is 1. The zero-order valence-corrected chi connectivity index (χ0v) is 15.3. The molecule has 1 aliphatic heterocycles. The summed E-state index contributed by atoms with van der Waals surface area (Å²) in [6.45, 7) is 0. The molecule has 3 atom stereocenters. The summed E-state index contributed by atoms with van der Waals surface area (Å²) in [5.74, 6) is 0. The average Bonchev–Trinajstić information content (AvgIpc) is 2.92. The Kier molecular flexibility index (Phi) is 5.08. The second-order valence-corrected chi connectivity index (χ2v) is 8.23.